The highest BCUT2D eigenvalue weighted by Crippen LogP contribution is 2.43. The minimum Gasteiger partial charge on any atom is -0.490 e. The minimum absolute atomic E-state index is 0.403. The van der Waals surface area contributed by atoms with Gasteiger partial charge in [0.25, 0.3) is 0 Å². The van der Waals surface area contributed by atoms with E-state index in [9.17, 15) is 5.11 Å². The lowest BCUT2D eigenvalue weighted by Gasteiger charge is -2.45. The molecule has 2 aliphatic heterocycles. The summed E-state index contributed by atoms with van der Waals surface area (Å²) in [6.45, 7) is 3.47. The Morgan fingerprint density at radius 3 is 2.85 bits per heavy atom. The Balaban J connectivity index is 1.30. The van der Waals surface area contributed by atoms with Crippen LogP contribution in [-0.4, -0.2) is 48.1 Å². The van der Waals surface area contributed by atoms with Gasteiger partial charge in [0.15, 0.2) is 0 Å². The standard InChI is InChI=1S/C22H33NO2S/c24-19(15-23-13-6-12-22(17-23)10-2-1-3-11-22)16-25-20-9-4-7-18-8-5-14-26-21(18)20/h4,7,9,19,24H,1-3,5-6,8,10-17H2. The molecule has 1 aromatic rings. The molecule has 1 aliphatic carbocycles. The van der Waals surface area contributed by atoms with Crippen molar-refractivity contribution in [3.63, 3.8) is 0 Å². The number of fused-ring (bicyclic) bond motifs is 1. The number of hydrogen-bond acceptors (Lipinski definition) is 4. The van der Waals surface area contributed by atoms with Gasteiger partial charge in [-0.1, -0.05) is 31.4 Å². The van der Waals surface area contributed by atoms with E-state index < -0.39 is 6.10 Å². The minimum atomic E-state index is -0.404. The quantitative estimate of drug-likeness (QED) is 0.821. The van der Waals surface area contributed by atoms with Gasteiger partial charge in [-0.3, -0.25) is 0 Å². The number of ether oxygens (including phenoxy) is 1. The number of thioether (sulfide) groups is 1. The first-order valence-electron chi connectivity index (χ1n) is 10.5. The van der Waals surface area contributed by atoms with Gasteiger partial charge in [0.1, 0.15) is 18.5 Å². The van der Waals surface area contributed by atoms with Gasteiger partial charge in [-0.15, -0.1) is 11.8 Å². The SMILES string of the molecule is OC(COc1cccc2c1SCCC2)CN1CCCC2(CCCCC2)C1. The number of β-amino-alcohol motifs (C(OH)–C–C–N with tert-alkyl or cyclic N) is 1. The fourth-order valence-electron chi connectivity index (χ4n) is 5.19. The van der Waals surface area contributed by atoms with Crippen molar-refractivity contribution >= 4 is 11.8 Å². The van der Waals surface area contributed by atoms with Crippen LogP contribution in [0.3, 0.4) is 0 Å². The van der Waals surface area contributed by atoms with Gasteiger partial charge < -0.3 is 14.7 Å². The number of piperidine rings is 1. The van der Waals surface area contributed by atoms with Crippen molar-refractivity contribution in [2.24, 2.45) is 5.41 Å². The molecule has 0 amide bonds. The topological polar surface area (TPSA) is 32.7 Å². The van der Waals surface area contributed by atoms with Crippen LogP contribution in [-0.2, 0) is 6.42 Å². The highest BCUT2D eigenvalue weighted by atomic mass is 32.2. The summed E-state index contributed by atoms with van der Waals surface area (Å²) in [7, 11) is 0. The van der Waals surface area contributed by atoms with Crippen LogP contribution in [0.15, 0.2) is 23.1 Å². The monoisotopic (exact) mass is 375 g/mol. The van der Waals surface area contributed by atoms with Crippen LogP contribution in [0.2, 0.25) is 0 Å². The summed E-state index contributed by atoms with van der Waals surface area (Å²) >= 11 is 1.90. The Bertz CT molecular complexity index is 594. The second kappa shape index (κ2) is 8.53. The average Bonchev–Trinajstić information content (AvgIpc) is 2.67. The summed E-state index contributed by atoms with van der Waals surface area (Å²) < 4.78 is 6.05. The van der Waals surface area contributed by atoms with Crippen molar-refractivity contribution in [1.29, 1.82) is 0 Å². The molecule has 0 bridgehead atoms. The summed E-state index contributed by atoms with van der Waals surface area (Å²) in [5.74, 6) is 2.14. The summed E-state index contributed by atoms with van der Waals surface area (Å²) in [6, 6.07) is 6.35. The van der Waals surface area contributed by atoms with Crippen molar-refractivity contribution in [2.45, 2.75) is 68.8 Å². The molecule has 1 saturated carbocycles. The molecule has 1 unspecified atom stereocenters. The van der Waals surface area contributed by atoms with Crippen LogP contribution in [0.25, 0.3) is 0 Å². The molecule has 4 rings (SSSR count). The van der Waals surface area contributed by atoms with E-state index in [1.807, 2.05) is 11.8 Å². The number of aliphatic hydroxyl groups excluding tert-OH is 1. The van der Waals surface area contributed by atoms with Crippen molar-refractivity contribution in [2.75, 3.05) is 32.0 Å². The summed E-state index contributed by atoms with van der Waals surface area (Å²) in [5.41, 5.74) is 1.95. The van der Waals surface area contributed by atoms with Gasteiger partial charge in [-0.25, -0.2) is 0 Å². The van der Waals surface area contributed by atoms with E-state index in [0.717, 1.165) is 25.3 Å². The Morgan fingerprint density at radius 1 is 1.12 bits per heavy atom. The third-order valence-electron chi connectivity index (χ3n) is 6.45. The fourth-order valence-corrected chi connectivity index (χ4v) is 6.30. The smallest absolute Gasteiger partial charge is 0.133 e. The Labute approximate surface area is 162 Å². The van der Waals surface area contributed by atoms with E-state index in [1.54, 1.807) is 0 Å². The van der Waals surface area contributed by atoms with E-state index in [2.05, 4.69) is 23.1 Å². The number of aliphatic hydroxyl groups is 1. The van der Waals surface area contributed by atoms with Gasteiger partial charge in [-0.2, -0.15) is 0 Å². The third kappa shape index (κ3) is 4.40. The molecule has 4 heteroatoms. The first-order chi connectivity index (χ1) is 12.7. The van der Waals surface area contributed by atoms with Crippen LogP contribution < -0.4 is 4.74 Å². The van der Waals surface area contributed by atoms with Crippen molar-refractivity contribution < 1.29 is 9.84 Å². The summed E-state index contributed by atoms with van der Waals surface area (Å²) in [5, 5.41) is 10.6. The Kier molecular flexibility index (Phi) is 6.12. The van der Waals surface area contributed by atoms with Crippen LogP contribution in [0, 0.1) is 5.41 Å². The van der Waals surface area contributed by atoms with Crippen LogP contribution in [0.5, 0.6) is 5.75 Å². The van der Waals surface area contributed by atoms with Crippen molar-refractivity contribution in [3.05, 3.63) is 23.8 Å². The van der Waals surface area contributed by atoms with E-state index >= 15 is 0 Å². The van der Waals surface area contributed by atoms with Crippen molar-refractivity contribution in [1.82, 2.24) is 4.90 Å². The predicted molar refractivity (Wildman–Crippen MR) is 108 cm³/mol. The molecule has 2 fully saturated rings. The number of likely N-dealkylation sites (tertiary alicyclic amines) is 1. The lowest BCUT2D eigenvalue weighted by atomic mass is 9.69. The molecule has 1 spiro atoms. The first-order valence-corrected chi connectivity index (χ1v) is 11.5. The number of nitrogens with zero attached hydrogens (tertiary/aromatic N) is 1. The van der Waals surface area contributed by atoms with Crippen LogP contribution in [0.4, 0.5) is 0 Å². The highest BCUT2D eigenvalue weighted by molar-refractivity contribution is 7.99. The van der Waals surface area contributed by atoms with E-state index in [0.29, 0.717) is 12.0 Å². The maximum Gasteiger partial charge on any atom is 0.133 e. The van der Waals surface area contributed by atoms with Gasteiger partial charge in [0.2, 0.25) is 0 Å². The van der Waals surface area contributed by atoms with Gasteiger partial charge in [0, 0.05) is 13.1 Å². The average molecular weight is 376 g/mol. The van der Waals surface area contributed by atoms with Crippen LogP contribution in [0.1, 0.15) is 56.9 Å². The normalized spacial score (nSPS) is 24.2. The number of hydrogen-bond donors (Lipinski definition) is 1. The summed E-state index contributed by atoms with van der Waals surface area (Å²) in [4.78, 5) is 3.79. The largest absolute Gasteiger partial charge is 0.490 e. The first kappa shape index (κ1) is 18.6. The molecule has 0 radical (unpaired) electrons. The predicted octanol–water partition coefficient (Wildman–Crippen LogP) is 4.51. The van der Waals surface area contributed by atoms with Crippen molar-refractivity contribution in [3.8, 4) is 5.75 Å². The van der Waals surface area contributed by atoms with Gasteiger partial charge in [-0.05, 0) is 67.9 Å². The van der Waals surface area contributed by atoms with Gasteiger partial charge in [0.05, 0.1) is 4.90 Å². The fraction of sp³-hybridized carbons (Fsp3) is 0.727. The van der Waals surface area contributed by atoms with E-state index in [1.165, 1.54) is 74.1 Å². The molecule has 3 aliphatic rings. The zero-order chi connectivity index (χ0) is 17.8. The zero-order valence-corrected chi connectivity index (χ0v) is 16.7. The molecule has 0 aromatic heterocycles. The molecule has 2 heterocycles. The Morgan fingerprint density at radius 2 is 1.96 bits per heavy atom. The molecular formula is C22H33NO2S. The van der Waals surface area contributed by atoms with Gasteiger partial charge >= 0.3 is 0 Å². The summed E-state index contributed by atoms with van der Waals surface area (Å²) in [6.07, 6.45) is 11.7. The molecule has 144 valence electrons. The van der Waals surface area contributed by atoms with E-state index in [4.69, 9.17) is 4.74 Å². The zero-order valence-electron chi connectivity index (χ0n) is 15.9. The number of rotatable bonds is 5. The second-order valence-corrected chi connectivity index (χ2v) is 9.67. The maximum atomic E-state index is 10.6. The maximum absolute atomic E-state index is 10.6. The van der Waals surface area contributed by atoms with E-state index in [-0.39, 0.29) is 0 Å². The molecule has 3 nitrogen and oxygen atoms in total. The molecule has 1 N–H and O–H groups in total. The molecule has 26 heavy (non-hydrogen) atoms. The highest BCUT2D eigenvalue weighted by Gasteiger charge is 2.36. The Hall–Kier alpha value is -0.710. The second-order valence-electron chi connectivity index (χ2n) is 8.56. The lowest BCUT2D eigenvalue weighted by molar-refractivity contribution is 0.0112. The van der Waals surface area contributed by atoms with Crippen LogP contribution >= 0.6 is 11.8 Å². The molecule has 1 saturated heterocycles. The number of aryl methyl sites for hydroxylation is 1. The third-order valence-corrected chi connectivity index (χ3v) is 7.70. The molecule has 1 aromatic carbocycles. The molecule has 1 atom stereocenters. The molecular weight excluding hydrogens is 342 g/mol. The lowest BCUT2D eigenvalue weighted by Crippen LogP contribution is -2.47. The number of benzene rings is 1.